The number of esters is 1. The largest absolute Gasteiger partial charge is 0.493 e. The molecule has 1 amide bonds. The SMILES string of the molecule is CCC/C(C)=C/CC/C(C)=C/CSc1ccccc1C(=O)Oc1ccc(/C=C/C(=O)NCCCCN2CCN(c3ccccc3)CC2)cc1OC. The zero-order valence-corrected chi connectivity index (χ0v) is 31.7. The molecule has 0 saturated carbocycles. The van der Waals surface area contributed by atoms with E-state index in [2.05, 4.69) is 78.4 Å². The highest BCUT2D eigenvalue weighted by Gasteiger charge is 2.18. The summed E-state index contributed by atoms with van der Waals surface area (Å²) in [6, 6.07) is 23.4. The van der Waals surface area contributed by atoms with Crippen molar-refractivity contribution in [2.75, 3.05) is 57.0 Å². The maximum Gasteiger partial charge on any atom is 0.344 e. The van der Waals surface area contributed by atoms with Gasteiger partial charge in [0.1, 0.15) is 0 Å². The van der Waals surface area contributed by atoms with Crippen molar-refractivity contribution in [2.45, 2.75) is 64.2 Å². The van der Waals surface area contributed by atoms with Crippen molar-refractivity contribution in [1.82, 2.24) is 10.2 Å². The lowest BCUT2D eigenvalue weighted by atomic mass is 10.1. The minimum Gasteiger partial charge on any atom is -0.493 e. The van der Waals surface area contributed by atoms with Crippen molar-refractivity contribution >= 4 is 35.4 Å². The Labute approximate surface area is 309 Å². The van der Waals surface area contributed by atoms with Gasteiger partial charge < -0.3 is 19.7 Å². The summed E-state index contributed by atoms with van der Waals surface area (Å²) < 4.78 is 11.3. The Morgan fingerprint density at radius 2 is 1.61 bits per heavy atom. The van der Waals surface area contributed by atoms with E-state index in [1.54, 1.807) is 42.1 Å². The van der Waals surface area contributed by atoms with Gasteiger partial charge in [-0.1, -0.05) is 73.0 Å². The summed E-state index contributed by atoms with van der Waals surface area (Å²) >= 11 is 1.62. The van der Waals surface area contributed by atoms with E-state index in [-0.39, 0.29) is 5.91 Å². The standard InChI is InChI=1S/C43H55N3O4S/c1-5-14-34(2)15-13-16-35(3)25-32-51-41-20-10-9-19-38(41)43(48)50-39-23-21-36(33-40(39)49-4)22-24-42(47)44-26-11-12-27-45-28-30-46(31-29-45)37-17-7-6-8-18-37/h6-10,15,17-25,33H,5,11-14,16,26-32H2,1-4H3,(H,44,47)/b24-22+,34-15+,35-25+. The Morgan fingerprint density at radius 3 is 2.37 bits per heavy atom. The van der Waals surface area contributed by atoms with Gasteiger partial charge in [-0.15, -0.1) is 11.8 Å². The number of hydrogen-bond donors (Lipinski definition) is 1. The van der Waals surface area contributed by atoms with Crippen LogP contribution in [0.4, 0.5) is 5.69 Å². The molecule has 0 aromatic heterocycles. The number of thioether (sulfide) groups is 1. The number of benzene rings is 3. The first kappa shape index (κ1) is 39.5. The fourth-order valence-corrected chi connectivity index (χ4v) is 7.01. The minimum absolute atomic E-state index is 0.140. The molecular formula is C43H55N3O4S. The molecule has 0 bridgehead atoms. The number of rotatable bonds is 19. The number of para-hydroxylation sites is 1. The number of unbranched alkanes of at least 4 members (excludes halogenated alkanes) is 1. The van der Waals surface area contributed by atoms with E-state index in [0.717, 1.165) is 81.0 Å². The molecule has 1 heterocycles. The molecule has 0 aliphatic carbocycles. The summed E-state index contributed by atoms with van der Waals surface area (Å²) in [5, 5.41) is 2.99. The topological polar surface area (TPSA) is 71.1 Å². The average Bonchev–Trinajstić information content (AvgIpc) is 3.15. The van der Waals surface area contributed by atoms with Crippen molar-refractivity contribution in [3.05, 3.63) is 113 Å². The number of anilines is 1. The smallest absolute Gasteiger partial charge is 0.344 e. The van der Waals surface area contributed by atoms with E-state index in [1.807, 2.05) is 18.2 Å². The van der Waals surface area contributed by atoms with Crippen LogP contribution in [0, 0.1) is 0 Å². The van der Waals surface area contributed by atoms with Crippen LogP contribution in [-0.2, 0) is 4.79 Å². The summed E-state index contributed by atoms with van der Waals surface area (Å²) in [7, 11) is 1.54. The van der Waals surface area contributed by atoms with Gasteiger partial charge in [0, 0.05) is 55.1 Å². The van der Waals surface area contributed by atoms with Crippen LogP contribution in [0.25, 0.3) is 6.08 Å². The lowest BCUT2D eigenvalue weighted by Gasteiger charge is -2.36. The molecule has 1 fully saturated rings. The molecule has 0 spiro atoms. The molecule has 7 nitrogen and oxygen atoms in total. The molecule has 1 aliphatic heterocycles. The van der Waals surface area contributed by atoms with Gasteiger partial charge in [-0.25, -0.2) is 4.79 Å². The van der Waals surface area contributed by atoms with Crippen LogP contribution in [-0.4, -0.2) is 68.9 Å². The van der Waals surface area contributed by atoms with Gasteiger partial charge >= 0.3 is 5.97 Å². The van der Waals surface area contributed by atoms with E-state index in [4.69, 9.17) is 9.47 Å². The summed E-state index contributed by atoms with van der Waals surface area (Å²) in [4.78, 5) is 31.6. The number of carbonyl (C=O) groups is 2. The van der Waals surface area contributed by atoms with E-state index >= 15 is 0 Å². The number of allylic oxidation sites excluding steroid dienone is 3. The highest BCUT2D eigenvalue weighted by atomic mass is 32.2. The maximum absolute atomic E-state index is 13.3. The zero-order chi connectivity index (χ0) is 36.3. The Kier molecular flexibility index (Phi) is 16.9. The fourth-order valence-electron chi connectivity index (χ4n) is 5.98. The van der Waals surface area contributed by atoms with Crippen LogP contribution in [0.5, 0.6) is 11.5 Å². The molecule has 272 valence electrons. The van der Waals surface area contributed by atoms with Crippen LogP contribution in [0.15, 0.2) is 107 Å². The maximum atomic E-state index is 13.3. The molecule has 0 radical (unpaired) electrons. The number of nitrogens with one attached hydrogen (secondary N) is 1. The van der Waals surface area contributed by atoms with Gasteiger partial charge in [0.15, 0.2) is 11.5 Å². The second kappa shape index (κ2) is 21.8. The quantitative estimate of drug-likeness (QED) is 0.0332. The van der Waals surface area contributed by atoms with Gasteiger partial charge in [-0.2, -0.15) is 0 Å². The molecule has 3 aromatic carbocycles. The van der Waals surface area contributed by atoms with Crippen molar-refractivity contribution in [3.63, 3.8) is 0 Å². The monoisotopic (exact) mass is 709 g/mol. The van der Waals surface area contributed by atoms with Crippen LogP contribution in [0.2, 0.25) is 0 Å². The number of hydrogen-bond acceptors (Lipinski definition) is 7. The van der Waals surface area contributed by atoms with E-state index < -0.39 is 5.97 Å². The summed E-state index contributed by atoms with van der Waals surface area (Å²) in [5.74, 6) is 0.943. The number of ether oxygens (including phenoxy) is 2. The normalized spacial score (nSPS) is 14.2. The highest BCUT2D eigenvalue weighted by molar-refractivity contribution is 7.99. The molecule has 1 saturated heterocycles. The van der Waals surface area contributed by atoms with Crippen LogP contribution in [0.1, 0.15) is 75.2 Å². The summed E-state index contributed by atoms with van der Waals surface area (Å²) in [6.07, 6.45) is 14.2. The Hall–Kier alpha value is -4.27. The van der Waals surface area contributed by atoms with Crippen molar-refractivity contribution < 1.29 is 19.1 Å². The Balaban J connectivity index is 1.19. The number of piperazine rings is 1. The Bertz CT molecular complexity index is 1630. The van der Waals surface area contributed by atoms with Crippen molar-refractivity contribution in [3.8, 4) is 11.5 Å². The average molecular weight is 710 g/mol. The van der Waals surface area contributed by atoms with Gasteiger partial charge in [-0.05, 0) is 101 Å². The summed E-state index contributed by atoms with van der Waals surface area (Å²) in [6.45, 7) is 12.5. The molecule has 0 unspecified atom stereocenters. The minimum atomic E-state index is -0.439. The molecule has 1 aliphatic rings. The predicted molar refractivity (Wildman–Crippen MR) is 213 cm³/mol. The van der Waals surface area contributed by atoms with Crippen molar-refractivity contribution in [2.24, 2.45) is 0 Å². The first-order chi connectivity index (χ1) is 24.9. The third-order valence-corrected chi connectivity index (χ3v) is 9.97. The molecule has 3 aromatic rings. The third kappa shape index (κ3) is 13.8. The second-order valence-corrected chi connectivity index (χ2v) is 14.1. The van der Waals surface area contributed by atoms with Crippen molar-refractivity contribution in [1.29, 1.82) is 0 Å². The van der Waals surface area contributed by atoms with Crippen LogP contribution in [0.3, 0.4) is 0 Å². The number of methoxy groups -OCH3 is 1. The first-order valence-electron chi connectivity index (χ1n) is 18.3. The van der Waals surface area contributed by atoms with Crippen LogP contribution >= 0.6 is 11.8 Å². The lowest BCUT2D eigenvalue weighted by Crippen LogP contribution is -2.46. The number of amides is 1. The zero-order valence-electron chi connectivity index (χ0n) is 30.9. The van der Waals surface area contributed by atoms with E-state index in [1.165, 1.54) is 36.4 Å². The molecule has 51 heavy (non-hydrogen) atoms. The number of carbonyl (C=O) groups excluding carboxylic acids is 2. The molecule has 1 N–H and O–H groups in total. The number of nitrogens with zero attached hydrogens (tertiary/aromatic N) is 2. The van der Waals surface area contributed by atoms with Gasteiger partial charge in [0.05, 0.1) is 12.7 Å². The predicted octanol–water partition coefficient (Wildman–Crippen LogP) is 9.21. The van der Waals surface area contributed by atoms with E-state index in [0.29, 0.717) is 23.6 Å². The third-order valence-electron chi connectivity index (χ3n) is 8.96. The Morgan fingerprint density at radius 1 is 0.863 bits per heavy atom. The van der Waals surface area contributed by atoms with Gasteiger partial charge in [0.2, 0.25) is 5.91 Å². The van der Waals surface area contributed by atoms with E-state index in [9.17, 15) is 9.59 Å². The second-order valence-electron chi connectivity index (χ2n) is 13.0. The molecule has 4 rings (SSSR count). The van der Waals surface area contributed by atoms with Gasteiger partial charge in [-0.3, -0.25) is 9.69 Å². The molecular weight excluding hydrogens is 655 g/mol. The molecule has 8 heteroatoms. The molecule has 0 atom stereocenters. The van der Waals surface area contributed by atoms with Gasteiger partial charge in [0.25, 0.3) is 0 Å². The fraction of sp³-hybridized carbons (Fsp3) is 0.395. The lowest BCUT2D eigenvalue weighted by molar-refractivity contribution is -0.116. The summed E-state index contributed by atoms with van der Waals surface area (Å²) in [5.41, 5.74) is 5.38. The first-order valence-corrected chi connectivity index (χ1v) is 19.3. The van der Waals surface area contributed by atoms with Crippen LogP contribution < -0.4 is 19.7 Å². The highest BCUT2D eigenvalue weighted by Crippen LogP contribution is 2.31.